The molecule has 2 aromatic carbocycles. The molecule has 3 heterocycles. The Hall–Kier alpha value is -4.06. The lowest BCUT2D eigenvalue weighted by atomic mass is 9.67. The van der Waals surface area contributed by atoms with Crippen LogP contribution in [-0.4, -0.2) is 46.2 Å². The number of ether oxygens (including phenoxy) is 1. The molecule has 2 aromatic heterocycles. The van der Waals surface area contributed by atoms with Crippen LogP contribution in [0.3, 0.4) is 0 Å². The van der Waals surface area contributed by atoms with Crippen LogP contribution in [0.4, 0.5) is 24.9 Å². The summed E-state index contributed by atoms with van der Waals surface area (Å²) >= 11 is 0. The number of rotatable bonds is 7. The van der Waals surface area contributed by atoms with Gasteiger partial charge in [0.25, 0.3) is 6.01 Å². The predicted molar refractivity (Wildman–Crippen MR) is 151 cm³/mol. The highest BCUT2D eigenvalue weighted by molar-refractivity contribution is 5.60. The third-order valence-electron chi connectivity index (χ3n) is 8.36. The van der Waals surface area contributed by atoms with Crippen molar-refractivity contribution in [2.45, 2.75) is 63.4 Å². The predicted octanol–water partition coefficient (Wildman–Crippen LogP) is 6.57. The fourth-order valence-electron chi connectivity index (χ4n) is 6.24. The van der Waals surface area contributed by atoms with E-state index >= 15 is 0 Å². The molecule has 1 aliphatic carbocycles. The number of piperidine rings is 1. The average molecular weight is 583 g/mol. The fraction of sp³-hybridized carbons (Fsp3) is 0.433. The summed E-state index contributed by atoms with van der Waals surface area (Å²) in [5.74, 6) is 1.45. The average Bonchev–Trinajstić information content (AvgIpc) is 3.63. The molecule has 0 radical (unpaired) electrons. The van der Waals surface area contributed by atoms with Crippen molar-refractivity contribution >= 4 is 11.7 Å². The molecule has 1 aliphatic heterocycles. The molecule has 12 heteroatoms. The van der Waals surface area contributed by atoms with Crippen molar-refractivity contribution in [1.29, 1.82) is 0 Å². The van der Waals surface area contributed by atoms with Crippen molar-refractivity contribution < 1.29 is 26.7 Å². The molecule has 3 atom stereocenters. The lowest BCUT2D eigenvalue weighted by molar-refractivity contribution is -0.274. The molecule has 1 saturated heterocycles. The Labute approximate surface area is 241 Å². The zero-order chi connectivity index (χ0) is 29.3. The quantitative estimate of drug-likeness (QED) is 0.250. The van der Waals surface area contributed by atoms with E-state index in [1.54, 1.807) is 13.1 Å². The van der Waals surface area contributed by atoms with E-state index in [1.807, 2.05) is 12.1 Å². The summed E-state index contributed by atoms with van der Waals surface area (Å²) in [5.41, 5.74) is 9.42. The van der Waals surface area contributed by atoms with E-state index in [9.17, 15) is 13.2 Å². The van der Waals surface area contributed by atoms with Gasteiger partial charge in [-0.1, -0.05) is 12.8 Å². The molecule has 3 N–H and O–H groups in total. The van der Waals surface area contributed by atoms with Gasteiger partial charge in [-0.2, -0.15) is 0 Å². The maximum absolute atomic E-state index is 12.5. The van der Waals surface area contributed by atoms with E-state index in [2.05, 4.69) is 42.3 Å². The van der Waals surface area contributed by atoms with Gasteiger partial charge in [-0.05, 0) is 80.1 Å². The van der Waals surface area contributed by atoms with Crippen molar-refractivity contribution in [2.24, 2.45) is 11.7 Å². The molecule has 0 bridgehead atoms. The standard InChI is InChI=1S/C30H33F3N6O3/c1-19-37-38-27(40-19)21-7-11-23(12-8-21)39-16-4-5-22(18-39)29(34)15-3-2-6-26(29)36-28-35-17-25(41-28)20-9-13-24(14-10-20)42-30(31,32)33/h7-14,17,22,26H,2-6,15-16,18,34H2,1H3,(H,35,36)/t22?,26?,29-/m0/s1. The van der Waals surface area contributed by atoms with Crippen LogP contribution in [0, 0.1) is 12.8 Å². The van der Waals surface area contributed by atoms with Crippen molar-refractivity contribution in [1.82, 2.24) is 15.2 Å². The first kappa shape index (κ1) is 28.1. The maximum atomic E-state index is 12.5. The highest BCUT2D eigenvalue weighted by atomic mass is 19.4. The summed E-state index contributed by atoms with van der Waals surface area (Å²) in [7, 11) is 0. The largest absolute Gasteiger partial charge is 0.573 e. The van der Waals surface area contributed by atoms with Gasteiger partial charge in [0, 0.05) is 48.4 Å². The first-order chi connectivity index (χ1) is 20.2. The van der Waals surface area contributed by atoms with Gasteiger partial charge in [0.1, 0.15) is 5.75 Å². The Kier molecular flexibility index (Phi) is 7.56. The second-order valence-corrected chi connectivity index (χ2v) is 11.1. The third kappa shape index (κ3) is 6.08. The molecule has 6 rings (SSSR count). The SMILES string of the molecule is Cc1nnc(-c2ccc(N3CCCC([C@@]4(N)CCCCC4Nc4ncc(-c5ccc(OC(F)(F)F)cc5)o4)C3)cc2)o1. The van der Waals surface area contributed by atoms with E-state index in [4.69, 9.17) is 14.6 Å². The maximum Gasteiger partial charge on any atom is 0.573 e. The van der Waals surface area contributed by atoms with Crippen molar-refractivity contribution in [3.8, 4) is 28.5 Å². The van der Waals surface area contributed by atoms with Crippen LogP contribution >= 0.6 is 0 Å². The topological polar surface area (TPSA) is 115 Å². The Morgan fingerprint density at radius 2 is 1.74 bits per heavy atom. The second-order valence-electron chi connectivity index (χ2n) is 11.1. The Morgan fingerprint density at radius 3 is 2.45 bits per heavy atom. The van der Waals surface area contributed by atoms with Crippen LogP contribution in [0.5, 0.6) is 5.75 Å². The van der Waals surface area contributed by atoms with E-state index in [1.165, 1.54) is 24.3 Å². The number of nitrogens with two attached hydrogens (primary N) is 1. The molecule has 2 aliphatic rings. The summed E-state index contributed by atoms with van der Waals surface area (Å²) < 4.78 is 52.9. The molecule has 0 spiro atoms. The Balaban J connectivity index is 1.13. The highest BCUT2D eigenvalue weighted by Gasteiger charge is 2.45. The van der Waals surface area contributed by atoms with Crippen LogP contribution in [0.1, 0.15) is 44.4 Å². The molecule has 1 saturated carbocycles. The van der Waals surface area contributed by atoms with Crippen LogP contribution in [-0.2, 0) is 0 Å². The zero-order valence-electron chi connectivity index (χ0n) is 23.2. The third-order valence-corrected chi connectivity index (χ3v) is 8.36. The number of oxazole rings is 1. The monoisotopic (exact) mass is 582 g/mol. The van der Waals surface area contributed by atoms with Crippen molar-refractivity contribution in [2.75, 3.05) is 23.3 Å². The summed E-state index contributed by atoms with van der Waals surface area (Å²) in [6.45, 7) is 3.57. The lowest BCUT2D eigenvalue weighted by Crippen LogP contribution is -2.63. The second kappa shape index (κ2) is 11.3. The normalized spacial score (nSPS) is 23.1. The molecular formula is C30H33F3N6O3. The molecule has 222 valence electrons. The number of aromatic nitrogens is 3. The van der Waals surface area contributed by atoms with E-state index in [0.29, 0.717) is 29.1 Å². The molecule has 0 amide bonds. The first-order valence-corrected chi connectivity index (χ1v) is 14.2. The molecule has 4 aromatic rings. The van der Waals surface area contributed by atoms with Gasteiger partial charge >= 0.3 is 6.36 Å². The molecular weight excluding hydrogens is 549 g/mol. The number of hydrogen-bond donors (Lipinski definition) is 2. The summed E-state index contributed by atoms with van der Waals surface area (Å²) in [6.07, 6.45) is 2.80. The van der Waals surface area contributed by atoms with E-state index < -0.39 is 11.9 Å². The minimum absolute atomic E-state index is 0.0339. The summed E-state index contributed by atoms with van der Waals surface area (Å²) in [4.78, 5) is 6.80. The lowest BCUT2D eigenvalue weighted by Gasteiger charge is -2.50. The number of nitrogens with zero attached hydrogens (tertiary/aromatic N) is 4. The number of aryl methyl sites for hydroxylation is 1. The highest BCUT2D eigenvalue weighted by Crippen LogP contribution is 2.40. The number of nitrogens with one attached hydrogen (secondary N) is 1. The number of benzene rings is 2. The van der Waals surface area contributed by atoms with Gasteiger partial charge in [0.15, 0.2) is 5.76 Å². The molecule has 9 nitrogen and oxygen atoms in total. The Bertz CT molecular complexity index is 1490. The van der Waals surface area contributed by atoms with Gasteiger partial charge < -0.3 is 29.5 Å². The fourth-order valence-corrected chi connectivity index (χ4v) is 6.24. The van der Waals surface area contributed by atoms with Gasteiger partial charge in [-0.3, -0.25) is 0 Å². The molecule has 42 heavy (non-hydrogen) atoms. The first-order valence-electron chi connectivity index (χ1n) is 14.2. The van der Waals surface area contributed by atoms with Gasteiger partial charge in [0.2, 0.25) is 11.8 Å². The van der Waals surface area contributed by atoms with E-state index in [-0.39, 0.29) is 17.7 Å². The number of anilines is 2. The van der Waals surface area contributed by atoms with Gasteiger partial charge in [-0.25, -0.2) is 4.98 Å². The number of alkyl halides is 3. The van der Waals surface area contributed by atoms with Crippen molar-refractivity contribution in [3.63, 3.8) is 0 Å². The minimum atomic E-state index is -4.74. The Morgan fingerprint density at radius 1 is 0.976 bits per heavy atom. The van der Waals surface area contributed by atoms with Crippen LogP contribution in [0.2, 0.25) is 0 Å². The summed E-state index contributed by atoms with van der Waals surface area (Å²) in [5, 5.41) is 11.5. The van der Waals surface area contributed by atoms with Crippen LogP contribution < -0.4 is 20.7 Å². The van der Waals surface area contributed by atoms with Crippen LogP contribution in [0.25, 0.3) is 22.8 Å². The van der Waals surface area contributed by atoms with Crippen LogP contribution in [0.15, 0.2) is 63.6 Å². The van der Waals surface area contributed by atoms with Crippen molar-refractivity contribution in [3.05, 3.63) is 60.6 Å². The molecule has 2 unspecified atom stereocenters. The zero-order valence-corrected chi connectivity index (χ0v) is 23.2. The van der Waals surface area contributed by atoms with Gasteiger partial charge in [0.05, 0.1) is 6.20 Å². The number of hydrogen-bond acceptors (Lipinski definition) is 9. The van der Waals surface area contributed by atoms with Gasteiger partial charge in [-0.15, -0.1) is 23.4 Å². The number of halogens is 3. The summed E-state index contributed by atoms with van der Waals surface area (Å²) in [6, 6.07) is 14.0. The van der Waals surface area contributed by atoms with E-state index in [0.717, 1.165) is 62.9 Å². The minimum Gasteiger partial charge on any atom is -0.424 e. The smallest absolute Gasteiger partial charge is 0.424 e. The molecule has 2 fully saturated rings.